The second-order valence-corrected chi connectivity index (χ2v) is 7.79. The van der Waals surface area contributed by atoms with Gasteiger partial charge in [0, 0.05) is 37.9 Å². The van der Waals surface area contributed by atoms with Crippen LogP contribution in [0.4, 0.5) is 5.69 Å². The number of piperazine rings is 1. The largest absolute Gasteiger partial charge is 0.346 e. The Kier molecular flexibility index (Phi) is 6.71. The topological polar surface area (TPSA) is 18.5 Å². The summed E-state index contributed by atoms with van der Waals surface area (Å²) in [6.07, 6.45) is 9.12. The van der Waals surface area contributed by atoms with Gasteiger partial charge in [-0.2, -0.15) is 0 Å². The highest BCUT2D eigenvalue weighted by Crippen LogP contribution is 2.25. The predicted octanol–water partition coefficient (Wildman–Crippen LogP) is 4.46. The van der Waals surface area contributed by atoms with Crippen LogP contribution >= 0.6 is 12.2 Å². The number of aryl methyl sites for hydroxylation is 2. The number of hydrogen-bond acceptors (Lipinski definition) is 2. The third-order valence-electron chi connectivity index (χ3n) is 5.92. The highest BCUT2D eigenvalue weighted by molar-refractivity contribution is 7.80. The van der Waals surface area contributed by atoms with Crippen molar-refractivity contribution >= 4 is 23.0 Å². The van der Waals surface area contributed by atoms with E-state index in [-0.39, 0.29) is 0 Å². The normalized spacial score (nSPS) is 19.8. The van der Waals surface area contributed by atoms with E-state index < -0.39 is 0 Å². The zero-order chi connectivity index (χ0) is 17.6. The van der Waals surface area contributed by atoms with Crippen molar-refractivity contribution in [3.63, 3.8) is 0 Å². The van der Waals surface area contributed by atoms with E-state index in [1.165, 1.54) is 48.9 Å². The van der Waals surface area contributed by atoms with Crippen molar-refractivity contribution in [2.24, 2.45) is 0 Å². The lowest BCUT2D eigenvalue weighted by Gasteiger charge is -2.41. The molecule has 1 aromatic carbocycles. The first-order valence-electron chi connectivity index (χ1n) is 10.1. The SMILES string of the molecule is CCc1cccc(CC)c1NC(=S)N1CCN(C2CCCCC2)CC1. The molecular formula is C21H33N3S. The second kappa shape index (κ2) is 9.00. The van der Waals surface area contributed by atoms with Crippen molar-refractivity contribution in [1.29, 1.82) is 0 Å². The molecular weight excluding hydrogens is 326 g/mol. The number of benzene rings is 1. The Balaban J connectivity index is 1.58. The van der Waals surface area contributed by atoms with Gasteiger partial charge >= 0.3 is 0 Å². The molecule has 0 atom stereocenters. The summed E-state index contributed by atoms with van der Waals surface area (Å²) in [4.78, 5) is 5.07. The number of nitrogens with one attached hydrogen (secondary N) is 1. The van der Waals surface area contributed by atoms with Crippen LogP contribution in [0, 0.1) is 0 Å². The highest BCUT2D eigenvalue weighted by atomic mass is 32.1. The Labute approximate surface area is 158 Å². The van der Waals surface area contributed by atoms with Crippen LogP contribution in [0.1, 0.15) is 57.1 Å². The zero-order valence-electron chi connectivity index (χ0n) is 15.9. The molecule has 2 aliphatic rings. The number of anilines is 1. The van der Waals surface area contributed by atoms with E-state index in [2.05, 4.69) is 47.2 Å². The molecule has 3 rings (SSSR count). The molecule has 0 radical (unpaired) electrons. The van der Waals surface area contributed by atoms with Gasteiger partial charge in [-0.25, -0.2) is 0 Å². The van der Waals surface area contributed by atoms with Crippen LogP contribution in [-0.4, -0.2) is 47.1 Å². The third kappa shape index (κ3) is 4.53. The molecule has 2 fully saturated rings. The van der Waals surface area contributed by atoms with Crippen LogP contribution in [-0.2, 0) is 12.8 Å². The Hall–Kier alpha value is -1.13. The van der Waals surface area contributed by atoms with Crippen molar-refractivity contribution in [3.8, 4) is 0 Å². The molecule has 0 spiro atoms. The maximum atomic E-state index is 5.76. The lowest BCUT2D eigenvalue weighted by molar-refractivity contribution is 0.108. The monoisotopic (exact) mass is 359 g/mol. The standard InChI is InChI=1S/C21H33N3S/c1-3-17-9-8-10-18(4-2)20(17)22-21(25)24-15-13-23(14-16-24)19-11-6-5-7-12-19/h8-10,19H,3-7,11-16H2,1-2H3,(H,22,25). The fraction of sp³-hybridized carbons (Fsp3) is 0.667. The molecule has 1 N–H and O–H groups in total. The summed E-state index contributed by atoms with van der Waals surface area (Å²) in [7, 11) is 0. The zero-order valence-corrected chi connectivity index (χ0v) is 16.7. The molecule has 138 valence electrons. The fourth-order valence-corrected chi connectivity index (χ4v) is 4.61. The van der Waals surface area contributed by atoms with Gasteiger partial charge in [-0.05, 0) is 49.0 Å². The molecule has 25 heavy (non-hydrogen) atoms. The van der Waals surface area contributed by atoms with Crippen LogP contribution in [0.15, 0.2) is 18.2 Å². The molecule has 0 amide bonds. The summed E-state index contributed by atoms with van der Waals surface area (Å²) < 4.78 is 0. The summed E-state index contributed by atoms with van der Waals surface area (Å²) in [6, 6.07) is 7.41. The summed E-state index contributed by atoms with van der Waals surface area (Å²) in [5.41, 5.74) is 3.97. The molecule has 1 saturated carbocycles. The third-order valence-corrected chi connectivity index (χ3v) is 6.28. The molecule has 0 unspecified atom stereocenters. The first kappa shape index (κ1) is 18.7. The first-order chi connectivity index (χ1) is 12.2. The summed E-state index contributed by atoms with van der Waals surface area (Å²) in [5.74, 6) is 0. The smallest absolute Gasteiger partial charge is 0.173 e. The molecule has 4 heteroatoms. The van der Waals surface area contributed by atoms with E-state index >= 15 is 0 Å². The van der Waals surface area contributed by atoms with Gasteiger partial charge < -0.3 is 10.2 Å². The fourth-order valence-electron chi connectivity index (χ4n) is 4.33. The Bertz CT molecular complexity index is 550. The van der Waals surface area contributed by atoms with E-state index in [0.29, 0.717) is 0 Å². The molecule has 0 bridgehead atoms. The van der Waals surface area contributed by atoms with Crippen LogP contribution in [0.2, 0.25) is 0 Å². The molecule has 3 nitrogen and oxygen atoms in total. The van der Waals surface area contributed by atoms with Gasteiger partial charge in [0.2, 0.25) is 0 Å². The maximum Gasteiger partial charge on any atom is 0.173 e. The van der Waals surface area contributed by atoms with Crippen molar-refractivity contribution in [2.45, 2.75) is 64.8 Å². The van der Waals surface area contributed by atoms with Gasteiger partial charge in [0.15, 0.2) is 5.11 Å². The van der Waals surface area contributed by atoms with Crippen LogP contribution in [0.5, 0.6) is 0 Å². The van der Waals surface area contributed by atoms with Gasteiger partial charge in [-0.3, -0.25) is 4.90 Å². The van der Waals surface area contributed by atoms with E-state index in [4.69, 9.17) is 12.2 Å². The maximum absolute atomic E-state index is 5.76. The molecule has 1 aliphatic heterocycles. The Morgan fingerprint density at radius 3 is 2.16 bits per heavy atom. The minimum Gasteiger partial charge on any atom is -0.346 e. The molecule has 1 saturated heterocycles. The number of hydrogen-bond donors (Lipinski definition) is 1. The average Bonchev–Trinajstić information content (AvgIpc) is 2.69. The van der Waals surface area contributed by atoms with Gasteiger partial charge in [0.25, 0.3) is 0 Å². The number of rotatable bonds is 4. The summed E-state index contributed by atoms with van der Waals surface area (Å²) in [5, 5.41) is 4.49. The van der Waals surface area contributed by atoms with Crippen molar-refractivity contribution in [1.82, 2.24) is 9.80 Å². The van der Waals surface area contributed by atoms with Crippen molar-refractivity contribution in [3.05, 3.63) is 29.3 Å². The van der Waals surface area contributed by atoms with E-state index in [0.717, 1.165) is 50.2 Å². The lowest BCUT2D eigenvalue weighted by atomic mass is 9.94. The summed E-state index contributed by atoms with van der Waals surface area (Å²) >= 11 is 5.76. The van der Waals surface area contributed by atoms with Crippen molar-refractivity contribution in [2.75, 3.05) is 31.5 Å². The van der Waals surface area contributed by atoms with E-state index in [1.54, 1.807) is 0 Å². The molecule has 1 heterocycles. The Morgan fingerprint density at radius 1 is 1.00 bits per heavy atom. The van der Waals surface area contributed by atoms with Gasteiger partial charge in [-0.1, -0.05) is 51.3 Å². The molecule has 0 aromatic heterocycles. The van der Waals surface area contributed by atoms with Crippen molar-refractivity contribution < 1.29 is 0 Å². The van der Waals surface area contributed by atoms with Crippen LogP contribution in [0.25, 0.3) is 0 Å². The molecule has 1 aromatic rings. The van der Waals surface area contributed by atoms with E-state index in [1.807, 2.05) is 0 Å². The quantitative estimate of drug-likeness (QED) is 0.800. The van der Waals surface area contributed by atoms with Gasteiger partial charge in [0.1, 0.15) is 0 Å². The number of thiocarbonyl (C=S) groups is 1. The first-order valence-corrected chi connectivity index (χ1v) is 10.5. The predicted molar refractivity (Wildman–Crippen MR) is 111 cm³/mol. The average molecular weight is 360 g/mol. The van der Waals surface area contributed by atoms with E-state index in [9.17, 15) is 0 Å². The number of nitrogens with zero attached hydrogens (tertiary/aromatic N) is 2. The highest BCUT2D eigenvalue weighted by Gasteiger charge is 2.26. The minimum absolute atomic E-state index is 0.824. The van der Waals surface area contributed by atoms with Gasteiger partial charge in [-0.15, -0.1) is 0 Å². The second-order valence-electron chi connectivity index (χ2n) is 7.40. The summed E-state index contributed by atoms with van der Waals surface area (Å²) in [6.45, 7) is 8.85. The van der Waals surface area contributed by atoms with Gasteiger partial charge in [0.05, 0.1) is 0 Å². The number of para-hydroxylation sites is 1. The lowest BCUT2D eigenvalue weighted by Crippen LogP contribution is -2.53. The molecule has 1 aliphatic carbocycles. The van der Waals surface area contributed by atoms with Crippen LogP contribution in [0.3, 0.4) is 0 Å². The Morgan fingerprint density at radius 2 is 1.60 bits per heavy atom. The van der Waals surface area contributed by atoms with Crippen LogP contribution < -0.4 is 5.32 Å². The minimum atomic E-state index is 0.824.